The molecule has 0 fully saturated rings. The summed E-state index contributed by atoms with van der Waals surface area (Å²) in [6, 6.07) is 0. The van der Waals surface area contributed by atoms with Gasteiger partial charge in [-0.25, -0.2) is 9.18 Å². The molecule has 0 amide bonds. The maximum absolute atomic E-state index is 12.9. The minimum Gasteiger partial charge on any atom is -0.461 e. The Kier molecular flexibility index (Phi) is 6.98. The zero-order valence-electron chi connectivity index (χ0n) is 8.61. The standard InChI is InChI=1S/C10H16F2O2/c1-3-5-6-7-8(11)9(12)10(13)14-4-2/h3-7H2,1-2H3/b9-8+. The van der Waals surface area contributed by atoms with Crippen molar-refractivity contribution in [1.82, 2.24) is 0 Å². The van der Waals surface area contributed by atoms with Gasteiger partial charge in [0.15, 0.2) is 0 Å². The molecule has 0 atom stereocenters. The van der Waals surface area contributed by atoms with Crippen molar-refractivity contribution >= 4 is 5.97 Å². The van der Waals surface area contributed by atoms with Crippen LogP contribution in [-0.4, -0.2) is 12.6 Å². The lowest BCUT2D eigenvalue weighted by Gasteiger charge is -2.00. The lowest BCUT2D eigenvalue weighted by Crippen LogP contribution is -2.05. The van der Waals surface area contributed by atoms with E-state index in [1.165, 1.54) is 0 Å². The first-order chi connectivity index (χ1) is 6.63. The highest BCUT2D eigenvalue weighted by atomic mass is 19.2. The first-order valence-electron chi connectivity index (χ1n) is 4.84. The Morgan fingerprint density at radius 1 is 1.21 bits per heavy atom. The van der Waals surface area contributed by atoms with Crippen molar-refractivity contribution in [3.05, 3.63) is 11.7 Å². The summed E-state index contributed by atoms with van der Waals surface area (Å²) in [6.45, 7) is 3.55. The van der Waals surface area contributed by atoms with Crippen LogP contribution in [0.25, 0.3) is 0 Å². The first-order valence-corrected chi connectivity index (χ1v) is 4.84. The third-order valence-corrected chi connectivity index (χ3v) is 1.69. The molecule has 82 valence electrons. The van der Waals surface area contributed by atoms with Gasteiger partial charge >= 0.3 is 5.97 Å². The SMILES string of the molecule is CCCCC/C(F)=C(\F)C(=O)OCC. The molecule has 0 saturated heterocycles. The fourth-order valence-corrected chi connectivity index (χ4v) is 0.945. The molecule has 0 spiro atoms. The largest absolute Gasteiger partial charge is 0.461 e. The molecule has 0 aliphatic rings. The van der Waals surface area contributed by atoms with E-state index in [0.717, 1.165) is 12.8 Å². The smallest absolute Gasteiger partial charge is 0.369 e. The molecule has 4 heteroatoms. The maximum atomic E-state index is 12.9. The van der Waals surface area contributed by atoms with E-state index >= 15 is 0 Å². The Labute approximate surface area is 82.9 Å². The van der Waals surface area contributed by atoms with Crippen LogP contribution in [0.4, 0.5) is 8.78 Å². The van der Waals surface area contributed by atoms with Crippen molar-refractivity contribution in [2.75, 3.05) is 6.61 Å². The molecule has 0 saturated carbocycles. The van der Waals surface area contributed by atoms with Crippen LogP contribution in [0.3, 0.4) is 0 Å². The molecule has 14 heavy (non-hydrogen) atoms. The van der Waals surface area contributed by atoms with Gasteiger partial charge in [-0.15, -0.1) is 0 Å². The van der Waals surface area contributed by atoms with Gasteiger partial charge in [-0.1, -0.05) is 19.8 Å². The molecule has 0 aromatic rings. The maximum Gasteiger partial charge on any atom is 0.369 e. The van der Waals surface area contributed by atoms with E-state index in [4.69, 9.17) is 0 Å². The van der Waals surface area contributed by atoms with Gasteiger partial charge in [0.1, 0.15) is 5.83 Å². The Hall–Kier alpha value is -0.930. The van der Waals surface area contributed by atoms with Crippen LogP contribution >= 0.6 is 0 Å². The van der Waals surface area contributed by atoms with Crippen molar-refractivity contribution < 1.29 is 18.3 Å². The number of hydrogen-bond acceptors (Lipinski definition) is 2. The summed E-state index contributed by atoms with van der Waals surface area (Å²) >= 11 is 0. The van der Waals surface area contributed by atoms with Crippen molar-refractivity contribution in [2.24, 2.45) is 0 Å². The number of allylic oxidation sites excluding steroid dienone is 1. The zero-order valence-corrected chi connectivity index (χ0v) is 8.61. The molecule has 2 nitrogen and oxygen atoms in total. The monoisotopic (exact) mass is 206 g/mol. The molecule has 0 aromatic carbocycles. The summed E-state index contributed by atoms with van der Waals surface area (Å²) in [4.78, 5) is 10.7. The predicted molar refractivity (Wildman–Crippen MR) is 50.0 cm³/mol. The zero-order chi connectivity index (χ0) is 11.0. The van der Waals surface area contributed by atoms with Crippen LogP contribution in [-0.2, 0) is 9.53 Å². The van der Waals surface area contributed by atoms with Crippen LogP contribution in [0.15, 0.2) is 11.7 Å². The Morgan fingerprint density at radius 3 is 2.36 bits per heavy atom. The predicted octanol–water partition coefficient (Wildman–Crippen LogP) is 3.28. The highest BCUT2D eigenvalue weighted by Gasteiger charge is 2.15. The highest BCUT2D eigenvalue weighted by Crippen LogP contribution is 2.17. The van der Waals surface area contributed by atoms with Gasteiger partial charge in [-0.3, -0.25) is 0 Å². The molecule has 0 aliphatic carbocycles. The minimum absolute atomic E-state index is 0.0293. The van der Waals surface area contributed by atoms with Crippen LogP contribution in [0.5, 0.6) is 0 Å². The first kappa shape index (κ1) is 13.1. The van der Waals surface area contributed by atoms with E-state index in [0.29, 0.717) is 6.42 Å². The number of hydrogen-bond donors (Lipinski definition) is 0. The Balaban J connectivity index is 4.06. The molecule has 0 unspecified atom stereocenters. The Morgan fingerprint density at radius 2 is 1.86 bits per heavy atom. The minimum atomic E-state index is -1.39. The molecule has 0 aliphatic heterocycles. The molecule has 0 radical (unpaired) electrons. The average Bonchev–Trinajstić information content (AvgIpc) is 2.17. The number of halogens is 2. The normalized spacial score (nSPS) is 12.3. The van der Waals surface area contributed by atoms with Gasteiger partial charge in [0.25, 0.3) is 0 Å². The second-order valence-corrected chi connectivity index (χ2v) is 2.90. The van der Waals surface area contributed by atoms with Gasteiger partial charge in [0, 0.05) is 6.42 Å². The number of unbranched alkanes of at least 4 members (excludes halogenated alkanes) is 2. The van der Waals surface area contributed by atoms with Crippen LogP contribution in [0.2, 0.25) is 0 Å². The second kappa shape index (κ2) is 7.47. The topological polar surface area (TPSA) is 26.3 Å². The van der Waals surface area contributed by atoms with E-state index in [9.17, 15) is 13.6 Å². The van der Waals surface area contributed by atoms with Gasteiger partial charge in [-0.2, -0.15) is 4.39 Å². The number of rotatable bonds is 6. The summed E-state index contributed by atoms with van der Waals surface area (Å²) in [5, 5.41) is 0. The molecule has 0 aromatic heterocycles. The lowest BCUT2D eigenvalue weighted by molar-refractivity contribution is -0.140. The molecule has 0 heterocycles. The fourth-order valence-electron chi connectivity index (χ4n) is 0.945. The number of carbonyl (C=O) groups is 1. The van der Waals surface area contributed by atoms with Crippen LogP contribution in [0, 0.1) is 0 Å². The van der Waals surface area contributed by atoms with Crippen molar-refractivity contribution in [2.45, 2.75) is 39.5 Å². The van der Waals surface area contributed by atoms with Crippen molar-refractivity contribution in [3.63, 3.8) is 0 Å². The Bertz CT molecular complexity index is 212. The molecular weight excluding hydrogens is 190 g/mol. The highest BCUT2D eigenvalue weighted by molar-refractivity contribution is 5.86. The van der Waals surface area contributed by atoms with Crippen LogP contribution < -0.4 is 0 Å². The van der Waals surface area contributed by atoms with Gasteiger partial charge < -0.3 is 4.74 Å². The van der Waals surface area contributed by atoms with Crippen molar-refractivity contribution in [3.8, 4) is 0 Å². The molecule has 0 rings (SSSR count). The fraction of sp³-hybridized carbons (Fsp3) is 0.700. The third kappa shape index (κ3) is 4.94. The average molecular weight is 206 g/mol. The summed E-state index contributed by atoms with van der Waals surface area (Å²) < 4.78 is 30.1. The number of carbonyl (C=O) groups excluding carboxylic acids is 1. The third-order valence-electron chi connectivity index (χ3n) is 1.69. The molecule has 0 N–H and O–H groups in total. The van der Waals surface area contributed by atoms with E-state index in [-0.39, 0.29) is 13.0 Å². The van der Waals surface area contributed by atoms with Gasteiger partial charge in [0.2, 0.25) is 5.83 Å². The van der Waals surface area contributed by atoms with Crippen LogP contribution in [0.1, 0.15) is 39.5 Å². The molecule has 0 bridgehead atoms. The summed E-state index contributed by atoms with van der Waals surface area (Å²) in [6.07, 6.45) is 2.27. The summed E-state index contributed by atoms with van der Waals surface area (Å²) in [7, 11) is 0. The van der Waals surface area contributed by atoms with E-state index in [1.807, 2.05) is 6.92 Å². The van der Waals surface area contributed by atoms with E-state index in [2.05, 4.69) is 4.74 Å². The summed E-state index contributed by atoms with van der Waals surface area (Å²) in [5.74, 6) is -3.60. The van der Waals surface area contributed by atoms with E-state index in [1.54, 1.807) is 6.92 Å². The van der Waals surface area contributed by atoms with Gasteiger partial charge in [0.05, 0.1) is 6.61 Å². The summed E-state index contributed by atoms with van der Waals surface area (Å²) in [5.41, 5.74) is 0. The number of ether oxygens (including phenoxy) is 1. The number of esters is 1. The van der Waals surface area contributed by atoms with Gasteiger partial charge in [-0.05, 0) is 13.3 Å². The lowest BCUT2D eigenvalue weighted by atomic mass is 10.2. The van der Waals surface area contributed by atoms with Crippen molar-refractivity contribution in [1.29, 1.82) is 0 Å². The van der Waals surface area contributed by atoms with E-state index < -0.39 is 17.6 Å². The second-order valence-electron chi connectivity index (χ2n) is 2.90. The quantitative estimate of drug-likeness (QED) is 0.378. The molecular formula is C10H16F2O2.